The lowest BCUT2D eigenvalue weighted by atomic mass is 10.0. The van der Waals surface area contributed by atoms with Gasteiger partial charge in [-0.2, -0.15) is 0 Å². The van der Waals surface area contributed by atoms with Crippen molar-refractivity contribution in [2.75, 3.05) is 17.7 Å². The number of anilines is 2. The van der Waals surface area contributed by atoms with Crippen molar-refractivity contribution in [3.05, 3.63) is 287 Å². The highest BCUT2D eigenvalue weighted by Gasteiger charge is 2.31. The number of rotatable bonds is 20. The van der Waals surface area contributed by atoms with Crippen LogP contribution < -0.4 is 15.4 Å². The Bertz CT molecular complexity index is 6850. The van der Waals surface area contributed by atoms with Gasteiger partial charge in [0, 0.05) is 46.2 Å². The predicted molar refractivity (Wildman–Crippen MR) is 426 cm³/mol. The number of ketones is 2. The number of halogens is 6. The van der Waals surface area contributed by atoms with Crippen molar-refractivity contribution in [2.45, 2.75) is 19.8 Å². The molecule has 9 heterocycles. The Kier molecular flexibility index (Phi) is 23.1. The molecule has 35 heteroatoms. The van der Waals surface area contributed by atoms with Crippen molar-refractivity contribution in [3.63, 3.8) is 0 Å². The van der Waals surface area contributed by atoms with Gasteiger partial charge in [0.05, 0.1) is 54.1 Å². The molecule has 17 rings (SSSR count). The van der Waals surface area contributed by atoms with Gasteiger partial charge < -0.3 is 57.9 Å². The summed E-state index contributed by atoms with van der Waals surface area (Å²) < 4.78 is 102. The quantitative estimate of drug-likeness (QED) is 0.0234. The smallest absolute Gasteiger partial charge is 0.339 e. The van der Waals surface area contributed by atoms with Crippen molar-refractivity contribution in [2.24, 2.45) is 0 Å². The van der Waals surface area contributed by atoms with Gasteiger partial charge in [-0.3, -0.25) is 24.0 Å². The number of aromatic nitrogens is 4. The second-order valence-corrected chi connectivity index (χ2v) is 29.0. The summed E-state index contributed by atoms with van der Waals surface area (Å²) in [7, 11) is 1.54. The van der Waals surface area contributed by atoms with Crippen molar-refractivity contribution in [3.8, 4) is 47.7 Å². The number of para-hydroxylation sites is 6. The zero-order valence-electron chi connectivity index (χ0n) is 60.0. The van der Waals surface area contributed by atoms with Gasteiger partial charge in [-0.15, -0.1) is 45.3 Å². The number of methoxy groups -OCH3 is 1. The van der Waals surface area contributed by atoms with Crippen molar-refractivity contribution in [1.29, 1.82) is 0 Å². The van der Waals surface area contributed by atoms with Gasteiger partial charge in [-0.1, -0.05) is 96.5 Å². The number of carbonyl (C=O) groups excluding carboxylic acids is 5. The number of benzene rings is 8. The minimum absolute atomic E-state index is 0.00124. The van der Waals surface area contributed by atoms with E-state index < -0.39 is 82.2 Å². The minimum atomic E-state index is -1.38. The lowest BCUT2D eigenvalue weighted by molar-refractivity contribution is 0.0685. The third kappa shape index (κ3) is 16.6. The molecule has 6 N–H and O–H groups in total. The van der Waals surface area contributed by atoms with E-state index in [0.29, 0.717) is 77.6 Å². The molecule has 0 bridgehead atoms. The van der Waals surface area contributed by atoms with Crippen LogP contribution >= 0.6 is 56.9 Å². The molecule has 9 aromatic heterocycles. The Morgan fingerprint density at radius 1 is 0.466 bits per heavy atom. The molecule has 0 radical (unpaired) electrons. The summed E-state index contributed by atoms with van der Waals surface area (Å²) in [4.78, 5) is 126. The van der Waals surface area contributed by atoms with Crippen LogP contribution in [-0.4, -0.2) is 101 Å². The molecule has 0 aliphatic heterocycles. The predicted octanol–water partition coefficient (Wildman–Crippen LogP) is 20.6. The molecule has 17 aromatic rings. The van der Waals surface area contributed by atoms with E-state index in [-0.39, 0.29) is 118 Å². The Morgan fingerprint density at radius 3 is 1.55 bits per heavy atom. The number of hydrogen-bond acceptors (Lipinski definition) is 23. The molecular formula is C83H48ClF5N6O19S4. The first-order valence-electron chi connectivity index (χ1n) is 34.1. The first-order chi connectivity index (χ1) is 56.7. The van der Waals surface area contributed by atoms with Crippen LogP contribution in [0.4, 0.5) is 33.3 Å². The van der Waals surface area contributed by atoms with Gasteiger partial charge in [0.25, 0.3) is 23.6 Å². The highest BCUT2D eigenvalue weighted by molar-refractivity contribution is 7.15. The zero-order valence-corrected chi connectivity index (χ0v) is 64.0. The van der Waals surface area contributed by atoms with Gasteiger partial charge in [-0.05, 0) is 118 Å². The summed E-state index contributed by atoms with van der Waals surface area (Å²) in [5, 5.41) is 50.4. The molecule has 118 heavy (non-hydrogen) atoms. The maximum Gasteiger partial charge on any atom is 0.339 e. The Labute approximate surface area is 678 Å². The lowest BCUT2D eigenvalue weighted by Crippen LogP contribution is -2.14. The normalized spacial score (nSPS) is 11.1. The summed E-state index contributed by atoms with van der Waals surface area (Å²) in [6.07, 6.45) is 0.181. The molecule has 590 valence electrons. The van der Waals surface area contributed by atoms with Gasteiger partial charge in [0.1, 0.15) is 56.9 Å². The summed E-state index contributed by atoms with van der Waals surface area (Å²) >= 11 is 9.95. The number of amides is 2. The van der Waals surface area contributed by atoms with E-state index >= 15 is 0 Å². The summed E-state index contributed by atoms with van der Waals surface area (Å²) in [6, 6.07) is 41.9. The van der Waals surface area contributed by atoms with Gasteiger partial charge in [-0.25, -0.2) is 61.1 Å². The summed E-state index contributed by atoms with van der Waals surface area (Å²) in [6.45, 7) is 1.39. The number of aldehydes is 1. The Hall–Kier alpha value is -14.5. The monoisotopic (exact) mass is 1690 g/mol. The fourth-order valence-electron chi connectivity index (χ4n) is 12.0. The fourth-order valence-corrected chi connectivity index (χ4v) is 16.2. The third-order valence-corrected chi connectivity index (χ3v) is 22.0. The van der Waals surface area contributed by atoms with Crippen LogP contribution in [0.2, 0.25) is 5.02 Å². The van der Waals surface area contributed by atoms with E-state index in [1.54, 1.807) is 103 Å². The van der Waals surface area contributed by atoms with E-state index in [4.69, 9.17) is 38.4 Å². The van der Waals surface area contributed by atoms with Crippen LogP contribution in [0.3, 0.4) is 0 Å². The van der Waals surface area contributed by atoms with E-state index in [0.717, 1.165) is 52.3 Å². The molecule has 0 saturated carbocycles. The molecule has 8 aromatic carbocycles. The molecule has 0 fully saturated rings. The van der Waals surface area contributed by atoms with Crippen LogP contribution in [0.15, 0.2) is 207 Å². The SMILES string of the molecule is COc1cccc2cc(-c3scc(CC(=O)c4nc5ccccc5o4)c3C(=O)O)oc12.Cc1ccc(-c2scc(CC(=O)c3nc4cc(F)ccc4o3)c2C(=O)O)c(F)c1F.O=C(Nc1csc(-c2ccc(Cl)c(F)c2)c1C(=O)O)c1nc2cccc(F)c2o1.O=Cc1ccc(-c2scc(NC(=O)c3nc4ccccc4o3)c2C(=O)O)cc1. The number of carbonyl (C=O) groups is 9. The molecule has 0 aliphatic carbocycles. The topological polar surface area (TPSA) is 385 Å². The molecule has 0 atom stereocenters. The van der Waals surface area contributed by atoms with Crippen LogP contribution in [0.1, 0.15) is 111 Å². The maximum atomic E-state index is 14.4. The van der Waals surface area contributed by atoms with Crippen LogP contribution in [-0.2, 0) is 12.8 Å². The molecule has 25 nitrogen and oxygen atoms in total. The highest BCUT2D eigenvalue weighted by Crippen LogP contribution is 2.43. The van der Waals surface area contributed by atoms with Crippen LogP contribution in [0.5, 0.6) is 5.75 Å². The number of aryl methyl sites for hydroxylation is 1. The number of nitrogens with one attached hydrogen (secondary N) is 2. The minimum Gasteiger partial charge on any atom is -0.493 e. The summed E-state index contributed by atoms with van der Waals surface area (Å²) in [5.74, 6) is -11.6. The number of furan rings is 1. The van der Waals surface area contributed by atoms with Crippen molar-refractivity contribution in [1.82, 2.24) is 19.9 Å². The standard InChI is InChI=1S/C23H15NO6S.C21H12F3NO4S.C20H12N2O5S.C19H9ClF2N2O4S/c1-28-17-8-4-5-12-10-18(29-20(12)17)21-19(23(26)27)13(11-31-21)9-15(25)22-24-14-6-2-3-7-16(14)30-22;1-9-2-4-12(18(24)17(9)23)19-16(21(27)28)10(8-30-19)6-14(26)20-25-13-7-11(22)3-5-15(13)29-20;23-9-11-5-7-12(8-6-11)17-16(20(25)26)14(10-28-17)21-18(24)19-22-13-3-1-2-4-15(13)27-19;20-9-5-4-8(6-11(9)22)16-14(19(26)27)13(7-29-16)23-17(25)18-24-12-3-1-2-10(21)15(12)28-18/h2-8,10-11H,9H2,1H3,(H,26,27);2-5,7-8H,6H2,1H3,(H,27,28);1-10H,(H,21,24)(H,25,26);1-7H,(H,23,25)(H,26,27). The Balaban J connectivity index is 0.000000129. The third-order valence-electron chi connectivity index (χ3n) is 17.5. The second kappa shape index (κ2) is 33.9. The van der Waals surface area contributed by atoms with Crippen LogP contribution in [0.25, 0.3) is 97.3 Å². The average Bonchev–Trinajstić information content (AvgIpc) is 1.62. The maximum absolute atomic E-state index is 14.4. The molecule has 0 saturated heterocycles. The number of Topliss-reactive ketones (excluding diaryl/α,β-unsaturated/α-hetero) is 2. The largest absolute Gasteiger partial charge is 0.493 e. The van der Waals surface area contributed by atoms with Crippen molar-refractivity contribution < 1.29 is 112 Å². The van der Waals surface area contributed by atoms with E-state index in [1.165, 1.54) is 82.8 Å². The number of aromatic carboxylic acids is 4. The number of carboxylic acids is 4. The van der Waals surface area contributed by atoms with Crippen molar-refractivity contribution >= 4 is 177 Å². The van der Waals surface area contributed by atoms with Gasteiger partial charge >= 0.3 is 35.7 Å². The molecule has 0 spiro atoms. The van der Waals surface area contributed by atoms with E-state index in [1.807, 2.05) is 12.1 Å². The fraction of sp³-hybridized carbons (Fsp3) is 0.0482. The molecule has 2 amide bonds. The van der Waals surface area contributed by atoms with Gasteiger partial charge in [0.15, 0.2) is 51.1 Å². The first kappa shape index (κ1) is 80.2. The van der Waals surface area contributed by atoms with Crippen LogP contribution in [0, 0.1) is 36.0 Å². The highest BCUT2D eigenvalue weighted by atomic mass is 35.5. The number of fused-ring (bicyclic) bond motifs is 5. The molecule has 0 unspecified atom stereocenters. The number of hydrogen-bond donors (Lipinski definition) is 6. The first-order valence-corrected chi connectivity index (χ1v) is 38.0. The van der Waals surface area contributed by atoms with E-state index in [2.05, 4.69) is 30.6 Å². The Morgan fingerprint density at radius 2 is 0.975 bits per heavy atom. The second-order valence-electron chi connectivity index (χ2n) is 25.1. The van der Waals surface area contributed by atoms with Gasteiger partial charge in [0.2, 0.25) is 11.6 Å². The molecule has 0 aliphatic rings. The summed E-state index contributed by atoms with van der Waals surface area (Å²) in [5.41, 5.74) is 4.35. The number of thiophene rings is 4. The van der Waals surface area contributed by atoms with E-state index in [9.17, 15) is 85.5 Å². The molecular weight excluding hydrogens is 1640 g/mol. The number of ether oxygens (including phenoxy) is 1. The number of carboxylic acid groups (broad SMARTS) is 4. The zero-order chi connectivity index (χ0) is 83.5. The number of oxazole rings is 4. The number of nitrogens with zero attached hydrogens (tertiary/aromatic N) is 4. The average molecular weight is 1690 g/mol. The lowest BCUT2D eigenvalue weighted by Gasteiger charge is -2.06.